The molecule has 8 heteroatoms. The van der Waals surface area contributed by atoms with Gasteiger partial charge in [-0.2, -0.15) is 0 Å². The highest BCUT2D eigenvalue weighted by molar-refractivity contribution is 5.97. The van der Waals surface area contributed by atoms with Gasteiger partial charge in [-0.3, -0.25) is 14.3 Å². The standard InChI is InChI=1S/C20H29N2O4.C3H6O2/c1-5-7-11-16(6-2)15-21-19(23)18(14-17-12-9-8-10-13-17)22(24)20(21,25-3)26-4;1-2-3(4)5/h8-10,12-14,16H,5-7,11,15H2,1-4H3;2H2,1H3,(H,4,5)/q+1;/p-1. The summed E-state index contributed by atoms with van der Waals surface area (Å²) in [5.74, 6) is -1.08. The van der Waals surface area contributed by atoms with Gasteiger partial charge in [0.2, 0.25) is 0 Å². The number of carboxylic acids is 1. The predicted molar refractivity (Wildman–Crippen MR) is 115 cm³/mol. The van der Waals surface area contributed by atoms with Crippen molar-refractivity contribution in [1.82, 2.24) is 4.90 Å². The van der Waals surface area contributed by atoms with Crippen LogP contribution in [0.1, 0.15) is 58.4 Å². The van der Waals surface area contributed by atoms with Crippen molar-refractivity contribution in [1.29, 1.82) is 0 Å². The molecule has 0 aromatic heterocycles. The maximum atomic E-state index is 13.0. The van der Waals surface area contributed by atoms with Crippen molar-refractivity contribution in [3.05, 3.63) is 46.5 Å². The summed E-state index contributed by atoms with van der Waals surface area (Å²) >= 11 is 0. The molecule has 172 valence electrons. The van der Waals surface area contributed by atoms with Crippen LogP contribution in [-0.2, 0) is 19.1 Å². The smallest absolute Gasteiger partial charge is 0.535 e. The first-order valence-electron chi connectivity index (χ1n) is 10.7. The van der Waals surface area contributed by atoms with Crippen LogP contribution in [0.15, 0.2) is 36.0 Å². The minimum absolute atomic E-state index is 0.0187. The molecule has 8 nitrogen and oxygen atoms in total. The molecular formula is C23H34N2O6. The molecule has 1 aromatic carbocycles. The largest absolute Gasteiger partial charge is 0.550 e. The van der Waals surface area contributed by atoms with Gasteiger partial charge in [-0.1, -0.05) is 70.4 Å². The average Bonchev–Trinajstić information content (AvgIpc) is 2.98. The number of ether oxygens (including phenoxy) is 2. The molecule has 2 rings (SSSR count). The second kappa shape index (κ2) is 13.0. The summed E-state index contributed by atoms with van der Waals surface area (Å²) < 4.78 is 11.4. The van der Waals surface area contributed by atoms with Gasteiger partial charge in [0.05, 0.1) is 0 Å². The van der Waals surface area contributed by atoms with Crippen molar-refractivity contribution in [2.75, 3.05) is 20.8 Å². The Hall–Kier alpha value is -2.58. The van der Waals surface area contributed by atoms with E-state index in [1.165, 1.54) is 26.0 Å². The lowest BCUT2D eigenvalue weighted by molar-refractivity contribution is -0.707. The number of amides is 1. The molecule has 0 aliphatic carbocycles. The lowest BCUT2D eigenvalue weighted by Gasteiger charge is -2.28. The monoisotopic (exact) mass is 434 g/mol. The predicted octanol–water partition coefficient (Wildman–Crippen LogP) is 2.92. The minimum atomic E-state index is -1.75. The topological polar surface area (TPSA) is 99.0 Å². The van der Waals surface area contributed by atoms with Gasteiger partial charge in [-0.25, -0.2) is 4.90 Å². The van der Waals surface area contributed by atoms with Gasteiger partial charge in [0.25, 0.3) is 0 Å². The van der Waals surface area contributed by atoms with Gasteiger partial charge in [-0.15, -0.1) is 0 Å². The van der Waals surface area contributed by atoms with Gasteiger partial charge >= 0.3 is 17.6 Å². The zero-order valence-electron chi connectivity index (χ0n) is 19.1. The number of hydrogen-bond donors (Lipinski definition) is 0. The van der Waals surface area contributed by atoms with Gasteiger partial charge in [-0.05, 0) is 24.3 Å². The SMILES string of the molecule is CCC(=O)[O-].CCCCC(CC)CN1C(=O)C(=Cc2ccccc2)[N+](=O)C1(OC)OC. The molecule has 1 unspecified atom stereocenters. The van der Waals surface area contributed by atoms with E-state index < -0.39 is 12.0 Å². The fraction of sp³-hybridized carbons (Fsp3) is 0.565. The number of carboxylic acid groups (broad SMARTS) is 1. The van der Waals surface area contributed by atoms with Crippen LogP contribution in [-0.4, -0.2) is 48.3 Å². The minimum Gasteiger partial charge on any atom is -0.550 e. The molecule has 1 atom stereocenters. The molecule has 1 saturated heterocycles. The molecule has 1 aliphatic heterocycles. The molecular weight excluding hydrogens is 400 g/mol. The average molecular weight is 435 g/mol. The number of carbonyl (C=O) groups is 2. The second-order valence-corrected chi connectivity index (χ2v) is 7.25. The highest BCUT2D eigenvalue weighted by atomic mass is 16.8. The van der Waals surface area contributed by atoms with Gasteiger partial charge in [0.15, 0.2) is 0 Å². The van der Waals surface area contributed by atoms with Crippen molar-refractivity contribution < 1.29 is 28.9 Å². The first-order valence-corrected chi connectivity index (χ1v) is 10.7. The van der Waals surface area contributed by atoms with E-state index in [1.54, 1.807) is 6.08 Å². The summed E-state index contributed by atoms with van der Waals surface area (Å²) in [6.07, 6.45) is 5.79. The van der Waals surface area contributed by atoms with Gasteiger partial charge in [0.1, 0.15) is 4.76 Å². The van der Waals surface area contributed by atoms with Crippen LogP contribution in [0.2, 0.25) is 0 Å². The number of hydrogen-bond acceptors (Lipinski definition) is 6. The van der Waals surface area contributed by atoms with Crippen molar-refractivity contribution >= 4 is 18.0 Å². The molecule has 1 fully saturated rings. The van der Waals surface area contributed by atoms with Gasteiger partial charge < -0.3 is 9.90 Å². The van der Waals surface area contributed by atoms with Crippen molar-refractivity contribution in [2.45, 2.75) is 58.9 Å². The highest BCUT2D eigenvalue weighted by Gasteiger charge is 2.67. The zero-order chi connectivity index (χ0) is 23.4. The third-order valence-electron chi connectivity index (χ3n) is 5.19. The molecule has 0 spiro atoms. The summed E-state index contributed by atoms with van der Waals surface area (Å²) in [6, 6.07) is 7.53. The van der Waals surface area contributed by atoms with Crippen LogP contribution in [0.5, 0.6) is 0 Å². The Morgan fingerprint density at radius 1 is 1.19 bits per heavy atom. The van der Waals surface area contributed by atoms with Crippen LogP contribution in [0, 0.1) is 10.8 Å². The van der Waals surface area contributed by atoms with Crippen LogP contribution < -0.4 is 5.11 Å². The molecule has 0 bridgehead atoms. The van der Waals surface area contributed by atoms with Crippen LogP contribution >= 0.6 is 0 Å². The van der Waals surface area contributed by atoms with E-state index in [4.69, 9.17) is 9.47 Å². The normalized spacial score (nSPS) is 17.5. The zero-order valence-corrected chi connectivity index (χ0v) is 19.1. The second-order valence-electron chi connectivity index (χ2n) is 7.25. The Kier molecular flexibility index (Phi) is 11.1. The molecule has 1 aromatic rings. The van der Waals surface area contributed by atoms with E-state index in [-0.39, 0.29) is 23.9 Å². The number of aliphatic carboxylic acids is 1. The summed E-state index contributed by atoms with van der Waals surface area (Å²) in [4.78, 5) is 36.6. The van der Waals surface area contributed by atoms with Crippen LogP contribution in [0.3, 0.4) is 0 Å². The fourth-order valence-corrected chi connectivity index (χ4v) is 3.29. The van der Waals surface area contributed by atoms with Crippen molar-refractivity contribution in [2.24, 2.45) is 5.92 Å². The summed E-state index contributed by atoms with van der Waals surface area (Å²) in [6.45, 7) is 6.19. The summed E-state index contributed by atoms with van der Waals surface area (Å²) in [5, 5.41) is 9.26. The third-order valence-corrected chi connectivity index (χ3v) is 5.19. The number of methoxy groups -OCH3 is 2. The maximum absolute atomic E-state index is 13.0. The fourth-order valence-electron chi connectivity index (χ4n) is 3.29. The van der Waals surface area contributed by atoms with E-state index in [9.17, 15) is 19.6 Å². The first-order chi connectivity index (χ1) is 14.8. The number of carbonyl (C=O) groups excluding carboxylic acids is 2. The van der Waals surface area contributed by atoms with E-state index in [2.05, 4.69) is 13.8 Å². The Balaban J connectivity index is 0.000000861. The van der Waals surface area contributed by atoms with E-state index >= 15 is 0 Å². The molecule has 1 heterocycles. The van der Waals surface area contributed by atoms with E-state index in [1.807, 2.05) is 30.3 Å². The number of nitrogens with zero attached hydrogens (tertiary/aromatic N) is 2. The molecule has 1 aliphatic rings. The lowest BCUT2D eigenvalue weighted by atomic mass is 9.99. The Morgan fingerprint density at radius 3 is 2.23 bits per heavy atom. The Morgan fingerprint density at radius 2 is 1.77 bits per heavy atom. The van der Waals surface area contributed by atoms with E-state index in [0.29, 0.717) is 11.3 Å². The van der Waals surface area contributed by atoms with Crippen LogP contribution in [0.25, 0.3) is 6.08 Å². The summed E-state index contributed by atoms with van der Waals surface area (Å²) in [5.41, 5.74) is 0.794. The number of unbranched alkanes of at least 4 members (excludes halogenated alkanes) is 1. The number of benzene rings is 1. The lowest BCUT2D eigenvalue weighted by Crippen LogP contribution is -2.54. The number of rotatable bonds is 10. The highest BCUT2D eigenvalue weighted by Crippen LogP contribution is 2.34. The Bertz CT molecular complexity index is 759. The quantitative estimate of drug-likeness (QED) is 0.319. The van der Waals surface area contributed by atoms with Crippen molar-refractivity contribution in [3.8, 4) is 0 Å². The molecule has 31 heavy (non-hydrogen) atoms. The molecule has 0 saturated carbocycles. The third kappa shape index (κ3) is 6.70. The number of nitroso groups, excluding NO2 is 1. The molecule has 0 radical (unpaired) electrons. The molecule has 0 N–H and O–H groups in total. The molecule has 1 amide bonds. The van der Waals surface area contributed by atoms with Gasteiger partial charge in [0, 0.05) is 37.7 Å². The Labute approximate surface area is 184 Å². The maximum Gasteiger partial charge on any atom is 0.535 e. The van der Waals surface area contributed by atoms with E-state index in [0.717, 1.165) is 31.2 Å². The summed E-state index contributed by atoms with van der Waals surface area (Å²) in [7, 11) is 2.76. The van der Waals surface area contributed by atoms with Crippen molar-refractivity contribution in [3.63, 3.8) is 0 Å². The first kappa shape index (κ1) is 26.5. The van der Waals surface area contributed by atoms with Crippen LogP contribution in [0.4, 0.5) is 0 Å².